The predicted octanol–water partition coefficient (Wildman–Crippen LogP) is 2.25. The van der Waals surface area contributed by atoms with Crippen molar-refractivity contribution in [2.24, 2.45) is 0 Å². The topological polar surface area (TPSA) is 69.3 Å². The molecule has 2 heterocycles. The van der Waals surface area contributed by atoms with E-state index in [1.54, 1.807) is 13.2 Å². The predicted molar refractivity (Wildman–Crippen MR) is 84.1 cm³/mol. The summed E-state index contributed by atoms with van der Waals surface area (Å²) in [6, 6.07) is 1.34. The summed E-state index contributed by atoms with van der Waals surface area (Å²) in [5, 5.41) is 0. The number of imidazole rings is 1. The zero-order chi connectivity index (χ0) is 19.1. The highest BCUT2D eigenvalue weighted by molar-refractivity contribution is 7.89. The number of hydrogen-bond donors (Lipinski definition) is 1. The summed E-state index contributed by atoms with van der Waals surface area (Å²) in [6.45, 7) is 0.498. The highest BCUT2D eigenvalue weighted by atomic mass is 32.2. The molecule has 142 valence electrons. The van der Waals surface area contributed by atoms with E-state index in [0.717, 1.165) is 10.4 Å². The number of benzene rings is 1. The van der Waals surface area contributed by atoms with Crippen molar-refractivity contribution >= 4 is 10.0 Å². The van der Waals surface area contributed by atoms with Crippen molar-refractivity contribution in [1.82, 2.24) is 19.2 Å². The molecule has 6 nitrogen and oxygen atoms in total. The fourth-order valence-corrected chi connectivity index (χ4v) is 4.32. The van der Waals surface area contributed by atoms with Crippen molar-refractivity contribution in [2.45, 2.75) is 17.1 Å². The van der Waals surface area contributed by atoms with E-state index in [1.165, 1.54) is 6.20 Å². The van der Waals surface area contributed by atoms with Crippen molar-refractivity contribution in [3.8, 4) is 0 Å². The van der Waals surface area contributed by atoms with Gasteiger partial charge in [0.25, 0.3) is 0 Å². The molecule has 0 spiro atoms. The number of halogens is 4. The third kappa shape index (κ3) is 3.46. The number of piperazine rings is 1. The van der Waals surface area contributed by atoms with E-state index in [1.807, 2.05) is 4.90 Å². The number of likely N-dealkylation sites (N-methyl/N-ethyl adjacent to an activating group) is 1. The summed E-state index contributed by atoms with van der Waals surface area (Å²) in [5.41, 5.74) is -1.60. The fourth-order valence-electron chi connectivity index (χ4n) is 2.85. The van der Waals surface area contributed by atoms with Crippen molar-refractivity contribution < 1.29 is 26.0 Å². The minimum absolute atomic E-state index is 0.0189. The highest BCUT2D eigenvalue weighted by Crippen LogP contribution is 2.34. The van der Waals surface area contributed by atoms with Gasteiger partial charge in [-0.1, -0.05) is 0 Å². The summed E-state index contributed by atoms with van der Waals surface area (Å²) >= 11 is 0. The molecule has 1 N–H and O–H groups in total. The standard InChI is InChI=1S/C15H16F4N4O2S/c1-22-6-7-23(9-13(22)14-20-4-5-21-14)26(24,25)10-2-3-12(16)11(8-10)15(17,18)19/h2-5,8,13H,6-7,9H2,1H3,(H,20,21)/t13-/m1/s1. The van der Waals surface area contributed by atoms with Gasteiger partial charge in [-0.25, -0.2) is 17.8 Å². The quantitative estimate of drug-likeness (QED) is 0.814. The SMILES string of the molecule is CN1CCN(S(=O)(=O)c2ccc(F)c(C(F)(F)F)c2)C[C@@H]1c1ncc[nH]1. The Morgan fingerprint density at radius 2 is 2.00 bits per heavy atom. The Morgan fingerprint density at radius 3 is 2.62 bits per heavy atom. The molecule has 0 saturated carbocycles. The Hall–Kier alpha value is -1.98. The van der Waals surface area contributed by atoms with Crippen molar-refractivity contribution in [1.29, 1.82) is 0 Å². The Balaban J connectivity index is 1.93. The smallest absolute Gasteiger partial charge is 0.347 e. The largest absolute Gasteiger partial charge is 0.419 e. The third-order valence-electron chi connectivity index (χ3n) is 4.33. The molecule has 0 aliphatic carbocycles. The normalized spacial score (nSPS) is 20.4. The van der Waals surface area contributed by atoms with Crippen LogP contribution in [-0.2, 0) is 16.2 Å². The van der Waals surface area contributed by atoms with Gasteiger partial charge in [-0.15, -0.1) is 0 Å². The lowest BCUT2D eigenvalue weighted by atomic mass is 10.2. The van der Waals surface area contributed by atoms with Crippen LogP contribution in [0.1, 0.15) is 17.4 Å². The molecule has 1 saturated heterocycles. The number of aromatic amines is 1. The second kappa shape index (κ2) is 6.63. The first-order valence-electron chi connectivity index (χ1n) is 7.67. The van der Waals surface area contributed by atoms with E-state index < -0.39 is 32.5 Å². The first-order valence-corrected chi connectivity index (χ1v) is 9.11. The summed E-state index contributed by atoms with van der Waals surface area (Å²) in [6.07, 6.45) is -1.84. The van der Waals surface area contributed by atoms with Crippen molar-refractivity contribution in [3.05, 3.63) is 47.8 Å². The van der Waals surface area contributed by atoms with Crippen LogP contribution in [0.15, 0.2) is 35.5 Å². The zero-order valence-electron chi connectivity index (χ0n) is 13.7. The van der Waals surface area contributed by atoms with E-state index >= 15 is 0 Å². The summed E-state index contributed by atoms with van der Waals surface area (Å²) < 4.78 is 78.8. The van der Waals surface area contributed by atoms with E-state index in [4.69, 9.17) is 0 Å². The highest BCUT2D eigenvalue weighted by Gasteiger charge is 2.38. The van der Waals surface area contributed by atoms with E-state index in [9.17, 15) is 26.0 Å². The maximum absolute atomic E-state index is 13.4. The molecule has 0 bridgehead atoms. The van der Waals surface area contributed by atoms with Crippen LogP contribution in [0.3, 0.4) is 0 Å². The number of hydrogen-bond acceptors (Lipinski definition) is 4. The van der Waals surface area contributed by atoms with E-state index in [-0.39, 0.29) is 19.1 Å². The van der Waals surface area contributed by atoms with Gasteiger partial charge in [0.15, 0.2) is 0 Å². The molecule has 0 unspecified atom stereocenters. The fraction of sp³-hybridized carbons (Fsp3) is 0.400. The molecule has 26 heavy (non-hydrogen) atoms. The number of aromatic nitrogens is 2. The minimum atomic E-state index is -4.98. The molecule has 2 aromatic rings. The molecule has 1 aliphatic heterocycles. The van der Waals surface area contributed by atoms with Gasteiger partial charge in [0.1, 0.15) is 11.6 Å². The molecule has 0 radical (unpaired) electrons. The van der Waals surface area contributed by atoms with Gasteiger partial charge < -0.3 is 4.98 Å². The van der Waals surface area contributed by atoms with Gasteiger partial charge in [0.05, 0.1) is 16.5 Å². The van der Waals surface area contributed by atoms with Crippen LogP contribution >= 0.6 is 0 Å². The van der Waals surface area contributed by atoms with Crippen LogP contribution in [0.4, 0.5) is 17.6 Å². The molecular weight excluding hydrogens is 376 g/mol. The average Bonchev–Trinajstić information content (AvgIpc) is 3.08. The van der Waals surface area contributed by atoms with Crippen LogP contribution in [0, 0.1) is 5.82 Å². The van der Waals surface area contributed by atoms with Gasteiger partial charge >= 0.3 is 6.18 Å². The van der Waals surface area contributed by atoms with E-state index in [2.05, 4.69) is 9.97 Å². The number of sulfonamides is 1. The second-order valence-electron chi connectivity index (χ2n) is 5.97. The molecule has 11 heteroatoms. The molecular formula is C15H16F4N4O2S. The van der Waals surface area contributed by atoms with Gasteiger partial charge in [-0.05, 0) is 25.2 Å². The maximum atomic E-state index is 13.4. The molecule has 1 aromatic carbocycles. The van der Waals surface area contributed by atoms with Crippen LogP contribution in [0.5, 0.6) is 0 Å². The van der Waals surface area contributed by atoms with Crippen molar-refractivity contribution in [3.63, 3.8) is 0 Å². The Bertz CT molecular complexity index is 884. The zero-order valence-corrected chi connectivity index (χ0v) is 14.5. The summed E-state index contributed by atoms with van der Waals surface area (Å²) in [5.74, 6) is -0.953. The summed E-state index contributed by atoms with van der Waals surface area (Å²) in [7, 11) is -2.41. The first kappa shape index (κ1) is 18.8. The van der Waals surface area contributed by atoms with Gasteiger partial charge in [-0.2, -0.15) is 17.5 Å². The Kier molecular flexibility index (Phi) is 4.80. The monoisotopic (exact) mass is 392 g/mol. The lowest BCUT2D eigenvalue weighted by molar-refractivity contribution is -0.140. The number of alkyl halides is 3. The van der Waals surface area contributed by atoms with Crippen LogP contribution in [0.2, 0.25) is 0 Å². The van der Waals surface area contributed by atoms with Gasteiger partial charge in [0.2, 0.25) is 10.0 Å². The van der Waals surface area contributed by atoms with Crippen LogP contribution < -0.4 is 0 Å². The third-order valence-corrected chi connectivity index (χ3v) is 6.19. The van der Waals surface area contributed by atoms with E-state index in [0.29, 0.717) is 24.5 Å². The Labute approximate surface area is 147 Å². The lowest BCUT2D eigenvalue weighted by Crippen LogP contribution is -2.49. The molecule has 1 aliphatic rings. The summed E-state index contributed by atoms with van der Waals surface area (Å²) in [4.78, 5) is 8.34. The number of nitrogens with one attached hydrogen (secondary N) is 1. The van der Waals surface area contributed by atoms with Crippen molar-refractivity contribution in [2.75, 3.05) is 26.7 Å². The van der Waals surface area contributed by atoms with Crippen LogP contribution in [-0.4, -0.2) is 54.3 Å². The number of rotatable bonds is 3. The molecule has 3 rings (SSSR count). The molecule has 0 amide bonds. The van der Waals surface area contributed by atoms with Gasteiger partial charge in [-0.3, -0.25) is 4.90 Å². The van der Waals surface area contributed by atoms with Gasteiger partial charge in [0, 0.05) is 32.0 Å². The first-order chi connectivity index (χ1) is 12.1. The number of nitrogens with zero attached hydrogens (tertiary/aromatic N) is 3. The minimum Gasteiger partial charge on any atom is -0.347 e. The number of H-pyrrole nitrogens is 1. The second-order valence-corrected chi connectivity index (χ2v) is 7.91. The lowest BCUT2D eigenvalue weighted by Gasteiger charge is -2.37. The molecule has 1 aromatic heterocycles. The Morgan fingerprint density at radius 1 is 1.27 bits per heavy atom. The molecule has 1 atom stereocenters. The molecule has 1 fully saturated rings. The maximum Gasteiger partial charge on any atom is 0.419 e. The van der Waals surface area contributed by atoms with Crippen LogP contribution in [0.25, 0.3) is 0 Å². The average molecular weight is 392 g/mol.